The van der Waals surface area contributed by atoms with Gasteiger partial charge in [0.05, 0.1) is 0 Å². The van der Waals surface area contributed by atoms with Crippen molar-refractivity contribution >= 4 is 5.69 Å². The minimum atomic E-state index is 1.15. The summed E-state index contributed by atoms with van der Waals surface area (Å²) in [5, 5.41) is 0. The van der Waals surface area contributed by atoms with Gasteiger partial charge in [0, 0.05) is 31.9 Å². The number of nitrogens with zero attached hydrogens (tertiary/aromatic N) is 2. The summed E-state index contributed by atoms with van der Waals surface area (Å²) in [6.45, 7) is 11.2. The average Bonchev–Trinajstić information content (AvgIpc) is 2.47. The third kappa shape index (κ3) is 3.86. The summed E-state index contributed by atoms with van der Waals surface area (Å²) in [5.74, 6) is 0. The number of piperazine rings is 1. The van der Waals surface area contributed by atoms with Crippen LogP contribution in [-0.4, -0.2) is 38.1 Å². The van der Waals surface area contributed by atoms with Gasteiger partial charge in [-0.25, -0.2) is 0 Å². The topological polar surface area (TPSA) is 6.48 Å². The highest BCUT2D eigenvalue weighted by Crippen LogP contribution is 2.22. The van der Waals surface area contributed by atoms with Crippen LogP contribution >= 0.6 is 0 Å². The summed E-state index contributed by atoms with van der Waals surface area (Å²) < 4.78 is 0. The molecule has 0 aliphatic carbocycles. The molecule has 1 aliphatic heterocycles. The molecule has 1 aliphatic rings. The summed E-state index contributed by atoms with van der Waals surface area (Å²) in [6, 6.07) is 6.98. The molecule has 0 unspecified atom stereocenters. The van der Waals surface area contributed by atoms with E-state index in [4.69, 9.17) is 0 Å². The van der Waals surface area contributed by atoms with Crippen LogP contribution in [-0.2, 0) is 6.42 Å². The van der Waals surface area contributed by atoms with Gasteiger partial charge in [-0.3, -0.25) is 0 Å². The minimum Gasteiger partial charge on any atom is -0.369 e. The molecule has 0 aromatic heterocycles. The van der Waals surface area contributed by atoms with Crippen molar-refractivity contribution in [2.45, 2.75) is 33.6 Å². The average molecular weight is 272 g/mol. The lowest BCUT2D eigenvalue weighted by molar-refractivity contribution is 0.313. The van der Waals surface area contributed by atoms with Gasteiger partial charge in [0.15, 0.2) is 0 Å². The van der Waals surface area contributed by atoms with Crippen LogP contribution in [0.25, 0.3) is 0 Å². The van der Waals surface area contributed by atoms with E-state index in [-0.39, 0.29) is 0 Å². The lowest BCUT2D eigenvalue weighted by atomic mass is 10.00. The maximum absolute atomic E-state index is 2.52. The highest BCUT2D eigenvalue weighted by molar-refractivity contribution is 5.51. The molecule has 0 bridgehead atoms. The zero-order valence-corrected chi connectivity index (χ0v) is 13.4. The van der Waals surface area contributed by atoms with Gasteiger partial charge in [0.2, 0.25) is 0 Å². The number of rotatable bonds is 4. The van der Waals surface area contributed by atoms with Crippen LogP contribution in [0.3, 0.4) is 0 Å². The van der Waals surface area contributed by atoms with E-state index >= 15 is 0 Å². The number of aryl methyl sites for hydroxylation is 2. The predicted octanol–water partition coefficient (Wildman–Crippen LogP) is 3.65. The maximum Gasteiger partial charge on any atom is 0.0370 e. The third-order valence-corrected chi connectivity index (χ3v) is 4.48. The Morgan fingerprint density at radius 1 is 1.20 bits per heavy atom. The van der Waals surface area contributed by atoms with Crippen molar-refractivity contribution in [1.29, 1.82) is 0 Å². The maximum atomic E-state index is 2.52. The summed E-state index contributed by atoms with van der Waals surface area (Å²) >= 11 is 0. The van der Waals surface area contributed by atoms with Gasteiger partial charge in [0.25, 0.3) is 0 Å². The van der Waals surface area contributed by atoms with Gasteiger partial charge in [-0.2, -0.15) is 0 Å². The van der Waals surface area contributed by atoms with E-state index in [1.54, 1.807) is 0 Å². The Morgan fingerprint density at radius 3 is 2.55 bits per heavy atom. The monoisotopic (exact) mass is 272 g/mol. The molecule has 0 atom stereocenters. The molecule has 0 spiro atoms. The van der Waals surface area contributed by atoms with E-state index in [0.717, 1.165) is 19.5 Å². The zero-order valence-electron chi connectivity index (χ0n) is 13.4. The Balaban J connectivity index is 2.07. The molecule has 110 valence electrons. The van der Waals surface area contributed by atoms with E-state index in [9.17, 15) is 0 Å². The number of hydrogen-bond donors (Lipinski definition) is 0. The normalized spacial score (nSPS) is 17.6. The van der Waals surface area contributed by atoms with Crippen molar-refractivity contribution in [3.05, 3.63) is 41.0 Å². The second-order valence-corrected chi connectivity index (χ2v) is 6.04. The molecule has 1 saturated heterocycles. The van der Waals surface area contributed by atoms with Gasteiger partial charge in [-0.05, 0) is 63.9 Å². The highest BCUT2D eigenvalue weighted by Gasteiger charge is 2.14. The van der Waals surface area contributed by atoms with E-state index < -0.39 is 0 Å². The van der Waals surface area contributed by atoms with Crippen LogP contribution in [0.1, 0.15) is 31.4 Å². The van der Waals surface area contributed by atoms with Crippen molar-refractivity contribution in [2.75, 3.05) is 38.1 Å². The quantitative estimate of drug-likeness (QED) is 0.772. The number of hydrogen-bond acceptors (Lipinski definition) is 2. The van der Waals surface area contributed by atoms with E-state index in [2.05, 4.69) is 61.9 Å². The molecule has 1 fully saturated rings. The summed E-state index contributed by atoms with van der Waals surface area (Å²) in [6.07, 6.45) is 4.55. The Hall–Kier alpha value is -1.28. The van der Waals surface area contributed by atoms with Crippen LogP contribution in [0, 0.1) is 6.92 Å². The number of anilines is 1. The number of allylic oxidation sites excluding steroid dienone is 2. The Labute approximate surface area is 124 Å². The molecule has 2 heteroatoms. The molecule has 1 aromatic carbocycles. The van der Waals surface area contributed by atoms with Gasteiger partial charge in [-0.1, -0.05) is 17.7 Å². The lowest BCUT2D eigenvalue weighted by Gasteiger charge is -2.34. The van der Waals surface area contributed by atoms with E-state index in [0.29, 0.717) is 0 Å². The van der Waals surface area contributed by atoms with Crippen LogP contribution < -0.4 is 4.90 Å². The fraction of sp³-hybridized carbons (Fsp3) is 0.556. The SMILES string of the molecule is C/C=C(\C)CCc1cc(N2CCN(C)CC2)ccc1C. The highest BCUT2D eigenvalue weighted by atomic mass is 15.2. The van der Waals surface area contributed by atoms with Crippen molar-refractivity contribution in [1.82, 2.24) is 4.90 Å². The molecule has 2 rings (SSSR count). The van der Waals surface area contributed by atoms with Crippen LogP contribution in [0.2, 0.25) is 0 Å². The van der Waals surface area contributed by atoms with Crippen molar-refractivity contribution < 1.29 is 0 Å². The molecule has 0 N–H and O–H groups in total. The largest absolute Gasteiger partial charge is 0.369 e. The van der Waals surface area contributed by atoms with Crippen molar-refractivity contribution in [3.63, 3.8) is 0 Å². The molecule has 0 saturated carbocycles. The summed E-state index contributed by atoms with van der Waals surface area (Å²) in [7, 11) is 2.21. The fourth-order valence-corrected chi connectivity index (χ4v) is 2.66. The predicted molar refractivity (Wildman–Crippen MR) is 88.6 cm³/mol. The molecule has 1 heterocycles. The van der Waals surface area contributed by atoms with E-state index in [1.807, 2.05) is 0 Å². The van der Waals surface area contributed by atoms with Crippen molar-refractivity contribution in [3.8, 4) is 0 Å². The first-order valence-electron chi connectivity index (χ1n) is 7.75. The molecule has 20 heavy (non-hydrogen) atoms. The molecule has 0 amide bonds. The van der Waals surface area contributed by atoms with Crippen LogP contribution in [0.15, 0.2) is 29.8 Å². The zero-order chi connectivity index (χ0) is 14.5. The summed E-state index contributed by atoms with van der Waals surface area (Å²) in [5.41, 5.74) is 5.81. The van der Waals surface area contributed by atoms with Gasteiger partial charge < -0.3 is 9.80 Å². The van der Waals surface area contributed by atoms with Gasteiger partial charge in [-0.15, -0.1) is 0 Å². The Bertz CT molecular complexity index is 468. The molecular weight excluding hydrogens is 244 g/mol. The van der Waals surface area contributed by atoms with Gasteiger partial charge >= 0.3 is 0 Å². The smallest absolute Gasteiger partial charge is 0.0370 e. The Kier molecular flexibility index (Phi) is 5.24. The van der Waals surface area contributed by atoms with E-state index in [1.165, 1.54) is 41.9 Å². The third-order valence-electron chi connectivity index (χ3n) is 4.48. The second-order valence-electron chi connectivity index (χ2n) is 6.04. The summed E-state index contributed by atoms with van der Waals surface area (Å²) in [4.78, 5) is 4.92. The van der Waals surface area contributed by atoms with Crippen molar-refractivity contribution in [2.24, 2.45) is 0 Å². The lowest BCUT2D eigenvalue weighted by Crippen LogP contribution is -2.44. The molecule has 2 nitrogen and oxygen atoms in total. The molecule has 0 radical (unpaired) electrons. The standard InChI is InChI=1S/C18H28N2/c1-5-15(2)6-8-17-14-18(9-7-16(17)3)20-12-10-19(4)11-13-20/h5,7,9,14H,6,8,10-13H2,1-4H3/b15-5+. The van der Waals surface area contributed by atoms with Crippen LogP contribution in [0.5, 0.6) is 0 Å². The second kappa shape index (κ2) is 6.94. The molecular formula is C18H28N2. The first-order chi connectivity index (χ1) is 9.60. The first kappa shape index (κ1) is 15.1. The Morgan fingerprint density at radius 2 is 1.90 bits per heavy atom. The minimum absolute atomic E-state index is 1.15. The molecule has 1 aromatic rings. The van der Waals surface area contributed by atoms with Gasteiger partial charge in [0.1, 0.15) is 0 Å². The first-order valence-corrected chi connectivity index (χ1v) is 7.75. The fourth-order valence-electron chi connectivity index (χ4n) is 2.66. The van der Waals surface area contributed by atoms with Crippen LogP contribution in [0.4, 0.5) is 5.69 Å². The number of likely N-dealkylation sites (N-methyl/N-ethyl adjacent to an activating group) is 1. The number of benzene rings is 1.